The third-order valence-corrected chi connectivity index (χ3v) is 1.90. The van der Waals surface area contributed by atoms with Crippen molar-refractivity contribution in [3.05, 3.63) is 30.5 Å². The van der Waals surface area contributed by atoms with Crippen molar-refractivity contribution in [1.82, 2.24) is 5.16 Å². The van der Waals surface area contributed by atoms with Crippen LogP contribution in [0, 0.1) is 0 Å². The Kier molecular flexibility index (Phi) is 2.37. The molecule has 2 aromatic rings. The predicted octanol–water partition coefficient (Wildman–Crippen LogP) is 1.58. The zero-order valence-corrected chi connectivity index (χ0v) is 7.92. The number of nitrogens with two attached hydrogens (primary N) is 2. The van der Waals surface area contributed by atoms with Gasteiger partial charge < -0.3 is 16.0 Å². The standard InChI is InChI=1S/C10H10N4O/c11-4-1-5-13-7-2-3-8-9(6-7)15-14-10(8)12/h1-6H,11H2,(H2,12,14). The van der Waals surface area contributed by atoms with Crippen LogP contribution in [0.1, 0.15) is 0 Å². The number of hydrogen-bond donors (Lipinski definition) is 2. The van der Waals surface area contributed by atoms with Crippen LogP contribution in [0.5, 0.6) is 0 Å². The summed E-state index contributed by atoms with van der Waals surface area (Å²) in [7, 11) is 0. The van der Waals surface area contributed by atoms with E-state index in [-0.39, 0.29) is 0 Å². The van der Waals surface area contributed by atoms with Crippen LogP contribution in [-0.2, 0) is 0 Å². The first-order valence-corrected chi connectivity index (χ1v) is 4.37. The number of hydrogen-bond acceptors (Lipinski definition) is 5. The number of aromatic nitrogens is 1. The fourth-order valence-corrected chi connectivity index (χ4v) is 1.20. The Hall–Kier alpha value is -2.30. The third kappa shape index (κ3) is 1.80. The number of nitrogens with zero attached hydrogens (tertiary/aromatic N) is 2. The quantitative estimate of drug-likeness (QED) is 0.723. The molecular weight excluding hydrogens is 192 g/mol. The highest BCUT2D eigenvalue weighted by molar-refractivity contribution is 5.89. The van der Waals surface area contributed by atoms with E-state index in [9.17, 15) is 0 Å². The van der Waals surface area contributed by atoms with Crippen LogP contribution in [0.3, 0.4) is 0 Å². The topological polar surface area (TPSA) is 90.4 Å². The summed E-state index contributed by atoms with van der Waals surface area (Å²) in [6, 6.07) is 5.41. The molecule has 76 valence electrons. The van der Waals surface area contributed by atoms with Gasteiger partial charge in [-0.1, -0.05) is 5.16 Å². The molecule has 0 atom stereocenters. The first-order chi connectivity index (χ1) is 7.31. The molecule has 0 aliphatic heterocycles. The Morgan fingerprint density at radius 3 is 3.07 bits per heavy atom. The Labute approximate surface area is 86.1 Å². The Bertz CT molecular complexity index is 527. The van der Waals surface area contributed by atoms with Crippen LogP contribution >= 0.6 is 0 Å². The highest BCUT2D eigenvalue weighted by atomic mass is 16.5. The van der Waals surface area contributed by atoms with E-state index in [2.05, 4.69) is 10.1 Å². The maximum absolute atomic E-state index is 5.58. The lowest BCUT2D eigenvalue weighted by Crippen LogP contribution is -1.82. The predicted molar refractivity (Wildman–Crippen MR) is 59.9 cm³/mol. The fourth-order valence-electron chi connectivity index (χ4n) is 1.20. The summed E-state index contributed by atoms with van der Waals surface area (Å²) >= 11 is 0. The van der Waals surface area contributed by atoms with Gasteiger partial charge in [-0.15, -0.1) is 0 Å². The lowest BCUT2D eigenvalue weighted by Gasteiger charge is -1.91. The van der Waals surface area contributed by atoms with Crippen LogP contribution in [0.4, 0.5) is 11.5 Å². The van der Waals surface area contributed by atoms with E-state index in [1.54, 1.807) is 18.4 Å². The molecule has 1 heterocycles. The summed E-state index contributed by atoms with van der Waals surface area (Å²) in [5.41, 5.74) is 12.1. The molecular formula is C10H10N4O. The number of anilines is 1. The van der Waals surface area contributed by atoms with Gasteiger partial charge in [0, 0.05) is 12.3 Å². The minimum Gasteiger partial charge on any atom is -0.405 e. The molecule has 5 nitrogen and oxygen atoms in total. The van der Waals surface area contributed by atoms with Gasteiger partial charge in [0.05, 0.1) is 11.1 Å². The molecule has 4 N–H and O–H groups in total. The molecule has 0 amide bonds. The molecule has 0 spiro atoms. The van der Waals surface area contributed by atoms with Gasteiger partial charge in [0.2, 0.25) is 0 Å². The van der Waals surface area contributed by atoms with Gasteiger partial charge in [0.1, 0.15) is 0 Å². The molecule has 15 heavy (non-hydrogen) atoms. The van der Waals surface area contributed by atoms with Gasteiger partial charge in [-0.25, -0.2) is 0 Å². The van der Waals surface area contributed by atoms with E-state index in [0.29, 0.717) is 11.4 Å². The zero-order chi connectivity index (χ0) is 10.7. The van der Waals surface area contributed by atoms with Crippen molar-refractivity contribution in [2.24, 2.45) is 10.7 Å². The van der Waals surface area contributed by atoms with Gasteiger partial charge in [-0.2, -0.15) is 0 Å². The number of nitrogen functional groups attached to an aromatic ring is 1. The molecule has 0 saturated carbocycles. The lowest BCUT2D eigenvalue weighted by atomic mass is 10.2. The van der Waals surface area contributed by atoms with Crippen molar-refractivity contribution < 1.29 is 4.52 Å². The van der Waals surface area contributed by atoms with Gasteiger partial charge >= 0.3 is 0 Å². The molecule has 1 aromatic carbocycles. The van der Waals surface area contributed by atoms with Crippen molar-refractivity contribution in [1.29, 1.82) is 0 Å². The minimum absolute atomic E-state index is 0.391. The molecule has 0 radical (unpaired) electrons. The maximum Gasteiger partial charge on any atom is 0.174 e. The van der Waals surface area contributed by atoms with E-state index in [4.69, 9.17) is 16.0 Å². The minimum atomic E-state index is 0.391. The lowest BCUT2D eigenvalue weighted by molar-refractivity contribution is 0.460. The van der Waals surface area contributed by atoms with E-state index >= 15 is 0 Å². The summed E-state index contributed by atoms with van der Waals surface area (Å²) < 4.78 is 5.00. The SMILES string of the molecule is NC=CC=Nc1ccc2c(N)noc2c1. The van der Waals surface area contributed by atoms with Crippen LogP contribution in [0.15, 0.2) is 40.0 Å². The summed E-state index contributed by atoms with van der Waals surface area (Å²) in [6.07, 6.45) is 4.65. The monoisotopic (exact) mass is 202 g/mol. The molecule has 0 fully saturated rings. The fraction of sp³-hybridized carbons (Fsp3) is 0. The summed E-state index contributed by atoms with van der Waals surface area (Å²) in [6.45, 7) is 0. The Morgan fingerprint density at radius 2 is 2.27 bits per heavy atom. The van der Waals surface area contributed by atoms with Crippen molar-refractivity contribution in [3.8, 4) is 0 Å². The van der Waals surface area contributed by atoms with E-state index in [1.807, 2.05) is 12.1 Å². The normalized spacial score (nSPS) is 12.0. The van der Waals surface area contributed by atoms with Crippen molar-refractivity contribution in [2.75, 3.05) is 5.73 Å². The number of rotatable bonds is 2. The second-order valence-corrected chi connectivity index (χ2v) is 2.91. The number of allylic oxidation sites excluding steroid dienone is 1. The molecule has 0 saturated heterocycles. The number of benzene rings is 1. The molecule has 5 heteroatoms. The van der Waals surface area contributed by atoms with Gasteiger partial charge in [0.25, 0.3) is 0 Å². The van der Waals surface area contributed by atoms with E-state index in [0.717, 1.165) is 11.1 Å². The van der Waals surface area contributed by atoms with E-state index in [1.165, 1.54) is 6.20 Å². The molecule has 0 aliphatic rings. The van der Waals surface area contributed by atoms with Crippen molar-refractivity contribution >= 4 is 28.7 Å². The second kappa shape index (κ2) is 3.83. The maximum atomic E-state index is 5.58. The molecule has 2 rings (SSSR count). The van der Waals surface area contributed by atoms with Crippen LogP contribution in [0.25, 0.3) is 11.0 Å². The van der Waals surface area contributed by atoms with Gasteiger partial charge in [0.15, 0.2) is 11.4 Å². The van der Waals surface area contributed by atoms with Gasteiger partial charge in [-0.3, -0.25) is 4.99 Å². The molecule has 0 aliphatic carbocycles. The van der Waals surface area contributed by atoms with Crippen LogP contribution < -0.4 is 11.5 Å². The molecule has 0 unspecified atom stereocenters. The summed E-state index contributed by atoms with van der Waals surface area (Å²) in [5, 5.41) is 4.44. The first-order valence-electron chi connectivity index (χ1n) is 4.37. The van der Waals surface area contributed by atoms with E-state index < -0.39 is 0 Å². The average molecular weight is 202 g/mol. The number of fused-ring (bicyclic) bond motifs is 1. The van der Waals surface area contributed by atoms with Crippen LogP contribution in [0.2, 0.25) is 0 Å². The van der Waals surface area contributed by atoms with Crippen molar-refractivity contribution in [3.63, 3.8) is 0 Å². The highest BCUT2D eigenvalue weighted by Crippen LogP contribution is 2.24. The second-order valence-electron chi connectivity index (χ2n) is 2.91. The van der Waals surface area contributed by atoms with Crippen molar-refractivity contribution in [2.45, 2.75) is 0 Å². The summed E-state index contributed by atoms with van der Waals surface area (Å²) in [4.78, 5) is 4.13. The van der Waals surface area contributed by atoms with Gasteiger partial charge in [-0.05, 0) is 24.4 Å². The Morgan fingerprint density at radius 1 is 1.40 bits per heavy atom. The molecule has 0 bridgehead atoms. The zero-order valence-electron chi connectivity index (χ0n) is 7.92. The highest BCUT2D eigenvalue weighted by Gasteiger charge is 2.04. The first kappa shape index (κ1) is 9.26. The summed E-state index contributed by atoms with van der Waals surface area (Å²) in [5.74, 6) is 0.391. The smallest absolute Gasteiger partial charge is 0.174 e. The third-order valence-electron chi connectivity index (χ3n) is 1.90. The average Bonchev–Trinajstić information content (AvgIpc) is 2.61. The van der Waals surface area contributed by atoms with Crippen LogP contribution in [-0.4, -0.2) is 11.4 Å². The number of aliphatic imine (C=N–C) groups is 1. The largest absolute Gasteiger partial charge is 0.405 e. The Balaban J connectivity index is 2.39. The molecule has 1 aromatic heterocycles.